The highest BCUT2D eigenvalue weighted by atomic mass is 16.5. The van der Waals surface area contributed by atoms with Crippen LogP contribution in [0.5, 0.6) is 5.88 Å². The van der Waals surface area contributed by atoms with Gasteiger partial charge in [0.1, 0.15) is 0 Å². The summed E-state index contributed by atoms with van der Waals surface area (Å²) in [4.78, 5) is 25.7. The Balaban J connectivity index is 1.81. The van der Waals surface area contributed by atoms with Gasteiger partial charge in [0.25, 0.3) is 5.91 Å². The Bertz CT molecular complexity index is 1080. The largest absolute Gasteiger partial charge is 0.481 e. The lowest BCUT2D eigenvalue weighted by molar-refractivity contribution is 0.0922. The molecule has 0 saturated carbocycles. The van der Waals surface area contributed by atoms with Crippen LogP contribution in [0.3, 0.4) is 0 Å². The van der Waals surface area contributed by atoms with Gasteiger partial charge in [0.05, 0.1) is 35.8 Å². The first-order valence-electron chi connectivity index (χ1n) is 9.02. The number of methoxy groups -OCH3 is 1. The van der Waals surface area contributed by atoms with Crippen LogP contribution in [0.15, 0.2) is 36.4 Å². The number of amides is 1. The molecular weight excluding hydrogens is 354 g/mol. The number of aryl methyl sites for hydroxylation is 2. The fourth-order valence-electron chi connectivity index (χ4n) is 3.64. The van der Waals surface area contributed by atoms with E-state index in [1.54, 1.807) is 20.1 Å². The number of ether oxygens (including phenoxy) is 1. The van der Waals surface area contributed by atoms with E-state index in [2.05, 4.69) is 26.3 Å². The number of nitrogens with two attached hydrogens (primary N) is 1. The second-order valence-electron chi connectivity index (χ2n) is 6.87. The molecule has 3 heterocycles. The van der Waals surface area contributed by atoms with E-state index in [4.69, 9.17) is 10.5 Å². The maximum atomic E-state index is 12.7. The predicted molar refractivity (Wildman–Crippen MR) is 106 cm³/mol. The molecule has 28 heavy (non-hydrogen) atoms. The number of carbonyl (C=O) groups is 1. The molecule has 1 aliphatic rings. The number of benzene rings is 1. The van der Waals surface area contributed by atoms with Crippen LogP contribution in [-0.2, 0) is 6.42 Å². The van der Waals surface area contributed by atoms with Gasteiger partial charge >= 0.3 is 0 Å². The van der Waals surface area contributed by atoms with Gasteiger partial charge in [0, 0.05) is 18.1 Å². The highest BCUT2D eigenvalue weighted by molar-refractivity contribution is 5.98. The molecule has 0 radical (unpaired) electrons. The molecule has 3 aromatic rings. The third-order valence-electron chi connectivity index (χ3n) is 4.90. The summed E-state index contributed by atoms with van der Waals surface area (Å²) in [5.74, 6) is 0.538. The van der Waals surface area contributed by atoms with Crippen LogP contribution < -0.4 is 15.8 Å². The summed E-state index contributed by atoms with van der Waals surface area (Å²) in [6.45, 7) is 3.80. The summed E-state index contributed by atoms with van der Waals surface area (Å²) in [6.07, 6.45) is 0.536. The number of carbonyl (C=O) groups excluding carboxylic acids is 1. The zero-order valence-electron chi connectivity index (χ0n) is 16.0. The number of fused-ring (bicyclic) bond motifs is 1. The monoisotopic (exact) mass is 375 g/mol. The second kappa shape index (κ2) is 6.92. The Morgan fingerprint density at radius 2 is 1.96 bits per heavy atom. The molecule has 1 aromatic carbocycles. The number of rotatable bonds is 3. The topological polar surface area (TPSA) is 103 Å². The molecule has 0 bridgehead atoms. The van der Waals surface area contributed by atoms with Gasteiger partial charge in [-0.1, -0.05) is 23.8 Å². The van der Waals surface area contributed by atoms with Crippen molar-refractivity contribution in [2.45, 2.75) is 26.3 Å². The normalized spacial score (nSPS) is 15.7. The van der Waals surface area contributed by atoms with E-state index in [0.717, 1.165) is 22.4 Å². The zero-order chi connectivity index (χ0) is 19.8. The van der Waals surface area contributed by atoms with Crippen molar-refractivity contribution < 1.29 is 9.53 Å². The first kappa shape index (κ1) is 17.9. The van der Waals surface area contributed by atoms with E-state index >= 15 is 0 Å². The summed E-state index contributed by atoms with van der Waals surface area (Å²) in [5.41, 5.74) is 11.4. The van der Waals surface area contributed by atoms with Gasteiger partial charge in [-0.25, -0.2) is 15.0 Å². The number of nitrogens with zero attached hydrogens (tertiary/aromatic N) is 3. The van der Waals surface area contributed by atoms with Crippen molar-refractivity contribution in [2.24, 2.45) is 0 Å². The van der Waals surface area contributed by atoms with Crippen molar-refractivity contribution >= 4 is 11.9 Å². The van der Waals surface area contributed by atoms with Crippen LogP contribution in [0.4, 0.5) is 5.95 Å². The number of hydrogen-bond acceptors (Lipinski definition) is 6. The Labute approximate surface area is 163 Å². The van der Waals surface area contributed by atoms with Gasteiger partial charge < -0.3 is 15.8 Å². The van der Waals surface area contributed by atoms with Crippen molar-refractivity contribution in [1.29, 1.82) is 0 Å². The first-order chi connectivity index (χ1) is 13.5. The van der Waals surface area contributed by atoms with E-state index in [-0.39, 0.29) is 17.9 Å². The molecule has 1 amide bonds. The van der Waals surface area contributed by atoms with Crippen molar-refractivity contribution in [3.63, 3.8) is 0 Å². The lowest BCUT2D eigenvalue weighted by atomic mass is 9.89. The molecule has 4 rings (SSSR count). The van der Waals surface area contributed by atoms with Gasteiger partial charge in [-0.15, -0.1) is 0 Å². The van der Waals surface area contributed by atoms with Crippen LogP contribution in [-0.4, -0.2) is 28.0 Å². The molecule has 7 nitrogen and oxygen atoms in total. The fourth-order valence-corrected chi connectivity index (χ4v) is 3.64. The Morgan fingerprint density at radius 1 is 1.14 bits per heavy atom. The maximum absolute atomic E-state index is 12.7. The molecule has 0 aliphatic carbocycles. The molecule has 1 unspecified atom stereocenters. The summed E-state index contributed by atoms with van der Waals surface area (Å²) in [7, 11) is 1.59. The highest BCUT2D eigenvalue weighted by Crippen LogP contribution is 2.33. The standard InChI is InChI=1S/C21H21N5O2/c1-11-7-8-13(14(9-11)15-5-4-6-18(24-15)28-3)16-10-17-19(20(27)25-16)12(2)23-21(22)26-17/h4-9,16H,10H2,1-3H3,(H,25,27)(H2,22,23,26). The molecule has 0 saturated heterocycles. The smallest absolute Gasteiger partial charge is 0.255 e. The molecular formula is C21H21N5O2. The van der Waals surface area contributed by atoms with Gasteiger partial charge in [-0.3, -0.25) is 4.79 Å². The zero-order valence-corrected chi connectivity index (χ0v) is 16.0. The molecule has 0 fully saturated rings. The molecule has 142 valence electrons. The Hall–Kier alpha value is -3.48. The van der Waals surface area contributed by atoms with E-state index in [0.29, 0.717) is 29.3 Å². The van der Waals surface area contributed by atoms with Crippen LogP contribution in [0, 0.1) is 13.8 Å². The van der Waals surface area contributed by atoms with Crippen LogP contribution in [0.2, 0.25) is 0 Å². The van der Waals surface area contributed by atoms with Crippen LogP contribution in [0.25, 0.3) is 11.3 Å². The number of nitrogen functional groups attached to an aromatic ring is 1. The minimum absolute atomic E-state index is 0.184. The lowest BCUT2D eigenvalue weighted by Crippen LogP contribution is -2.37. The number of aromatic nitrogens is 3. The second-order valence-corrected chi connectivity index (χ2v) is 6.87. The Morgan fingerprint density at radius 3 is 2.75 bits per heavy atom. The van der Waals surface area contributed by atoms with Crippen molar-refractivity contribution in [2.75, 3.05) is 12.8 Å². The third kappa shape index (κ3) is 3.15. The van der Waals surface area contributed by atoms with E-state index in [1.165, 1.54) is 0 Å². The fraction of sp³-hybridized carbons (Fsp3) is 0.238. The quantitative estimate of drug-likeness (QED) is 0.730. The molecule has 1 atom stereocenters. The molecule has 7 heteroatoms. The summed E-state index contributed by atoms with van der Waals surface area (Å²) >= 11 is 0. The van der Waals surface area contributed by atoms with E-state index < -0.39 is 0 Å². The van der Waals surface area contributed by atoms with E-state index in [9.17, 15) is 4.79 Å². The molecule has 0 spiro atoms. The average molecular weight is 375 g/mol. The number of nitrogens with one attached hydrogen (secondary N) is 1. The van der Waals surface area contributed by atoms with Gasteiger partial charge in [0.2, 0.25) is 11.8 Å². The highest BCUT2D eigenvalue weighted by Gasteiger charge is 2.30. The maximum Gasteiger partial charge on any atom is 0.255 e. The summed E-state index contributed by atoms with van der Waals surface area (Å²) in [5, 5.41) is 3.09. The van der Waals surface area contributed by atoms with Crippen LogP contribution in [0.1, 0.15) is 38.9 Å². The molecule has 3 N–H and O–H groups in total. The van der Waals surface area contributed by atoms with Gasteiger partial charge in [-0.05, 0) is 31.5 Å². The minimum Gasteiger partial charge on any atom is -0.481 e. The molecule has 1 aliphatic heterocycles. The van der Waals surface area contributed by atoms with Gasteiger partial charge in [0.15, 0.2) is 0 Å². The van der Waals surface area contributed by atoms with Crippen molar-refractivity contribution in [3.8, 4) is 17.1 Å². The SMILES string of the molecule is COc1cccc(-c2cc(C)ccc2C2Cc3nc(N)nc(C)c3C(=O)N2)n1. The summed E-state index contributed by atoms with van der Waals surface area (Å²) < 4.78 is 5.27. The summed E-state index contributed by atoms with van der Waals surface area (Å²) in [6, 6.07) is 11.5. The third-order valence-corrected chi connectivity index (χ3v) is 4.90. The number of anilines is 1. The van der Waals surface area contributed by atoms with Crippen molar-refractivity contribution in [3.05, 3.63) is 64.5 Å². The Kier molecular flexibility index (Phi) is 4.43. The van der Waals surface area contributed by atoms with Crippen LogP contribution >= 0.6 is 0 Å². The number of pyridine rings is 1. The average Bonchev–Trinajstić information content (AvgIpc) is 2.67. The minimum atomic E-state index is -0.239. The first-order valence-corrected chi connectivity index (χ1v) is 9.02. The lowest BCUT2D eigenvalue weighted by Gasteiger charge is -2.28. The predicted octanol–water partition coefficient (Wildman–Crippen LogP) is 2.77. The number of hydrogen-bond donors (Lipinski definition) is 2. The van der Waals surface area contributed by atoms with E-state index in [1.807, 2.05) is 31.2 Å². The van der Waals surface area contributed by atoms with Crippen molar-refractivity contribution in [1.82, 2.24) is 20.3 Å². The molecule has 2 aromatic heterocycles. The van der Waals surface area contributed by atoms with Gasteiger partial charge in [-0.2, -0.15) is 0 Å².